The average Bonchev–Trinajstić information content (AvgIpc) is 3.04. The van der Waals surface area contributed by atoms with Gasteiger partial charge in [0.2, 0.25) is 5.91 Å². The minimum Gasteiger partial charge on any atom is -0.354 e. The molecule has 2 N–H and O–H groups in total. The molecule has 1 aromatic heterocycles. The zero-order valence-corrected chi connectivity index (χ0v) is 11.2. The predicted octanol–water partition coefficient (Wildman–Crippen LogP) is -0.329. The second-order valence-electron chi connectivity index (χ2n) is 4.81. The third-order valence-electron chi connectivity index (χ3n) is 3.34. The van der Waals surface area contributed by atoms with Gasteiger partial charge in [-0.2, -0.15) is 0 Å². The molecule has 2 amide bonds. The molecule has 1 aliphatic heterocycles. The van der Waals surface area contributed by atoms with E-state index in [0.29, 0.717) is 24.9 Å². The van der Waals surface area contributed by atoms with Crippen molar-refractivity contribution in [3.8, 4) is 5.69 Å². The molecule has 1 atom stereocenters. The highest BCUT2D eigenvalue weighted by Gasteiger charge is 2.20. The quantitative estimate of drug-likeness (QED) is 0.804. The highest BCUT2D eigenvalue weighted by atomic mass is 16.2. The molecule has 3 rings (SSSR count). The first-order valence-electron chi connectivity index (χ1n) is 6.63. The SMILES string of the molecule is O=C1CCC(NC(=O)c2ccc(-n3cnnn3)cc2)CN1. The van der Waals surface area contributed by atoms with E-state index >= 15 is 0 Å². The van der Waals surface area contributed by atoms with E-state index in [4.69, 9.17) is 0 Å². The number of amides is 2. The summed E-state index contributed by atoms with van der Waals surface area (Å²) in [6.07, 6.45) is 2.60. The number of piperidine rings is 1. The Morgan fingerprint density at radius 1 is 1.33 bits per heavy atom. The summed E-state index contributed by atoms with van der Waals surface area (Å²) >= 11 is 0. The Morgan fingerprint density at radius 2 is 2.14 bits per heavy atom. The summed E-state index contributed by atoms with van der Waals surface area (Å²) < 4.78 is 1.51. The zero-order valence-electron chi connectivity index (χ0n) is 11.2. The van der Waals surface area contributed by atoms with Gasteiger partial charge in [0.1, 0.15) is 6.33 Å². The molecular formula is C13H14N6O2. The smallest absolute Gasteiger partial charge is 0.251 e. The van der Waals surface area contributed by atoms with Crippen LogP contribution in [-0.4, -0.2) is 44.6 Å². The number of carbonyl (C=O) groups is 2. The number of hydrogen-bond acceptors (Lipinski definition) is 5. The van der Waals surface area contributed by atoms with Gasteiger partial charge in [0.05, 0.1) is 5.69 Å². The summed E-state index contributed by atoms with van der Waals surface area (Å²) in [5, 5.41) is 16.5. The van der Waals surface area contributed by atoms with E-state index in [1.54, 1.807) is 24.3 Å². The topological polar surface area (TPSA) is 102 Å². The van der Waals surface area contributed by atoms with Crippen LogP contribution < -0.4 is 10.6 Å². The van der Waals surface area contributed by atoms with Gasteiger partial charge in [-0.25, -0.2) is 4.68 Å². The molecule has 21 heavy (non-hydrogen) atoms. The van der Waals surface area contributed by atoms with E-state index < -0.39 is 0 Å². The van der Waals surface area contributed by atoms with Crippen molar-refractivity contribution in [1.82, 2.24) is 30.8 Å². The largest absolute Gasteiger partial charge is 0.354 e. The first-order valence-corrected chi connectivity index (χ1v) is 6.63. The maximum Gasteiger partial charge on any atom is 0.251 e. The molecule has 0 radical (unpaired) electrons. The van der Waals surface area contributed by atoms with Crippen molar-refractivity contribution in [3.63, 3.8) is 0 Å². The Morgan fingerprint density at radius 3 is 2.76 bits per heavy atom. The van der Waals surface area contributed by atoms with E-state index in [0.717, 1.165) is 5.69 Å². The van der Waals surface area contributed by atoms with Crippen LogP contribution in [0.25, 0.3) is 5.69 Å². The van der Waals surface area contributed by atoms with Crippen LogP contribution in [0.3, 0.4) is 0 Å². The van der Waals surface area contributed by atoms with Gasteiger partial charge >= 0.3 is 0 Å². The molecule has 0 bridgehead atoms. The van der Waals surface area contributed by atoms with Crippen LogP contribution in [-0.2, 0) is 4.79 Å². The summed E-state index contributed by atoms with van der Waals surface area (Å²) in [6, 6.07) is 6.96. The molecule has 0 spiro atoms. The summed E-state index contributed by atoms with van der Waals surface area (Å²) in [6.45, 7) is 0.479. The van der Waals surface area contributed by atoms with Crippen molar-refractivity contribution in [1.29, 1.82) is 0 Å². The first kappa shape index (κ1) is 13.2. The summed E-state index contributed by atoms with van der Waals surface area (Å²) in [7, 11) is 0. The second kappa shape index (κ2) is 5.70. The first-order chi connectivity index (χ1) is 10.2. The molecule has 1 aliphatic rings. The second-order valence-corrected chi connectivity index (χ2v) is 4.81. The van der Waals surface area contributed by atoms with Crippen molar-refractivity contribution in [2.75, 3.05) is 6.54 Å². The molecule has 1 aromatic carbocycles. The molecule has 8 nitrogen and oxygen atoms in total. The zero-order chi connectivity index (χ0) is 14.7. The molecule has 1 unspecified atom stereocenters. The fourth-order valence-corrected chi connectivity index (χ4v) is 2.17. The lowest BCUT2D eigenvalue weighted by molar-refractivity contribution is -0.122. The van der Waals surface area contributed by atoms with Gasteiger partial charge in [0.25, 0.3) is 5.91 Å². The fraction of sp³-hybridized carbons (Fsp3) is 0.308. The highest BCUT2D eigenvalue weighted by Crippen LogP contribution is 2.09. The summed E-state index contributed by atoms with van der Waals surface area (Å²) in [5.74, 6) is -0.120. The van der Waals surface area contributed by atoms with E-state index in [9.17, 15) is 9.59 Å². The van der Waals surface area contributed by atoms with E-state index in [-0.39, 0.29) is 17.9 Å². The number of benzene rings is 1. The van der Waals surface area contributed by atoms with Gasteiger partial charge < -0.3 is 10.6 Å². The third kappa shape index (κ3) is 3.04. The Kier molecular flexibility index (Phi) is 3.59. The lowest BCUT2D eigenvalue weighted by atomic mass is 10.1. The van der Waals surface area contributed by atoms with Crippen molar-refractivity contribution >= 4 is 11.8 Å². The Hall–Kier alpha value is -2.77. The molecule has 0 aliphatic carbocycles. The lowest BCUT2D eigenvalue weighted by Crippen LogP contribution is -2.47. The number of hydrogen-bond donors (Lipinski definition) is 2. The third-order valence-corrected chi connectivity index (χ3v) is 3.34. The number of carbonyl (C=O) groups excluding carboxylic acids is 2. The van der Waals surface area contributed by atoms with Crippen molar-refractivity contribution in [3.05, 3.63) is 36.2 Å². The van der Waals surface area contributed by atoms with E-state index in [2.05, 4.69) is 26.2 Å². The van der Waals surface area contributed by atoms with Gasteiger partial charge in [0, 0.05) is 24.6 Å². The van der Waals surface area contributed by atoms with Crippen LogP contribution in [0, 0.1) is 0 Å². The minimum absolute atomic E-state index is 0.0191. The molecule has 1 fully saturated rings. The molecule has 2 heterocycles. The lowest BCUT2D eigenvalue weighted by Gasteiger charge is -2.23. The van der Waals surface area contributed by atoms with Gasteiger partial charge in [-0.1, -0.05) is 0 Å². The Labute approximate surface area is 120 Å². The molecule has 8 heteroatoms. The van der Waals surface area contributed by atoms with Crippen molar-refractivity contribution in [2.24, 2.45) is 0 Å². The monoisotopic (exact) mass is 286 g/mol. The minimum atomic E-state index is -0.153. The molecule has 108 valence electrons. The van der Waals surface area contributed by atoms with Crippen LogP contribution in [0.5, 0.6) is 0 Å². The number of nitrogens with one attached hydrogen (secondary N) is 2. The molecular weight excluding hydrogens is 272 g/mol. The van der Waals surface area contributed by atoms with Gasteiger partial charge in [-0.05, 0) is 41.1 Å². The number of rotatable bonds is 3. The fourth-order valence-electron chi connectivity index (χ4n) is 2.17. The van der Waals surface area contributed by atoms with E-state index in [1.807, 2.05) is 0 Å². The maximum atomic E-state index is 12.1. The van der Waals surface area contributed by atoms with Crippen LogP contribution in [0.2, 0.25) is 0 Å². The normalized spacial score (nSPS) is 18.1. The standard InChI is InChI=1S/C13H14N6O2/c20-12-6-3-10(7-14-12)16-13(21)9-1-4-11(5-2-9)19-8-15-17-18-19/h1-2,4-5,8,10H,3,6-7H2,(H,14,20)(H,16,21). The van der Waals surface area contributed by atoms with E-state index in [1.165, 1.54) is 11.0 Å². The molecule has 1 saturated heterocycles. The number of aromatic nitrogens is 4. The maximum absolute atomic E-state index is 12.1. The number of nitrogens with zero attached hydrogens (tertiary/aromatic N) is 4. The van der Waals surface area contributed by atoms with Crippen LogP contribution in [0.15, 0.2) is 30.6 Å². The average molecular weight is 286 g/mol. The predicted molar refractivity (Wildman–Crippen MR) is 72.7 cm³/mol. The Balaban J connectivity index is 1.64. The van der Waals surface area contributed by atoms with Gasteiger partial charge in [0.15, 0.2) is 0 Å². The van der Waals surface area contributed by atoms with Gasteiger partial charge in [-0.15, -0.1) is 5.10 Å². The van der Waals surface area contributed by atoms with Crippen molar-refractivity contribution in [2.45, 2.75) is 18.9 Å². The van der Waals surface area contributed by atoms with Crippen molar-refractivity contribution < 1.29 is 9.59 Å². The molecule has 2 aromatic rings. The summed E-state index contributed by atoms with van der Waals surface area (Å²) in [5.41, 5.74) is 1.34. The molecule has 0 saturated carbocycles. The highest BCUT2D eigenvalue weighted by molar-refractivity contribution is 5.94. The summed E-state index contributed by atoms with van der Waals surface area (Å²) in [4.78, 5) is 23.2. The Bertz CT molecular complexity index is 627. The van der Waals surface area contributed by atoms with Crippen LogP contribution >= 0.6 is 0 Å². The van der Waals surface area contributed by atoms with Crippen LogP contribution in [0.4, 0.5) is 0 Å². The van der Waals surface area contributed by atoms with Gasteiger partial charge in [-0.3, -0.25) is 9.59 Å². The van der Waals surface area contributed by atoms with Crippen LogP contribution in [0.1, 0.15) is 23.2 Å². The number of tetrazole rings is 1.